The Morgan fingerprint density at radius 3 is 2.89 bits per heavy atom. The molecule has 4 nitrogen and oxygen atoms in total. The molecule has 1 aromatic carbocycles. The highest BCUT2D eigenvalue weighted by atomic mass is 79.9. The number of aromatic nitrogens is 2. The molecule has 0 N–H and O–H groups in total. The third-order valence-electron chi connectivity index (χ3n) is 2.60. The van der Waals surface area contributed by atoms with Gasteiger partial charge in [0, 0.05) is 7.05 Å². The van der Waals surface area contributed by atoms with Gasteiger partial charge in [-0.2, -0.15) is 10.4 Å². The Hall–Kier alpha value is -1.80. The molecule has 2 rings (SSSR count). The Labute approximate surface area is 114 Å². The van der Waals surface area contributed by atoms with Gasteiger partial charge in [-0.3, -0.25) is 4.68 Å². The van der Waals surface area contributed by atoms with Gasteiger partial charge in [-0.05, 0) is 41.1 Å². The third-order valence-corrected chi connectivity index (χ3v) is 3.63. The van der Waals surface area contributed by atoms with E-state index < -0.39 is 0 Å². The largest absolute Gasteiger partial charge is 0.487 e. The SMILES string of the molecule is Cc1nn(C)c(COc2cccc(C#N)c2)c1Br. The van der Waals surface area contributed by atoms with E-state index in [2.05, 4.69) is 27.1 Å². The first-order chi connectivity index (χ1) is 8.61. The number of benzene rings is 1. The molecule has 0 radical (unpaired) electrons. The Kier molecular flexibility index (Phi) is 3.68. The monoisotopic (exact) mass is 305 g/mol. The van der Waals surface area contributed by atoms with Crippen LogP contribution in [-0.2, 0) is 13.7 Å². The lowest BCUT2D eigenvalue weighted by molar-refractivity contribution is 0.294. The number of halogens is 1. The Balaban J connectivity index is 2.14. The lowest BCUT2D eigenvalue weighted by atomic mass is 10.2. The molecule has 0 saturated heterocycles. The minimum absolute atomic E-state index is 0.410. The van der Waals surface area contributed by atoms with Gasteiger partial charge >= 0.3 is 0 Å². The van der Waals surface area contributed by atoms with Crippen LogP contribution < -0.4 is 4.74 Å². The summed E-state index contributed by atoms with van der Waals surface area (Å²) in [6.45, 7) is 2.34. The summed E-state index contributed by atoms with van der Waals surface area (Å²) in [6.07, 6.45) is 0. The smallest absolute Gasteiger partial charge is 0.131 e. The highest BCUT2D eigenvalue weighted by Crippen LogP contribution is 2.22. The second-order valence-electron chi connectivity index (χ2n) is 3.90. The number of aryl methyl sites for hydroxylation is 2. The van der Waals surface area contributed by atoms with Crippen molar-refractivity contribution in [1.82, 2.24) is 9.78 Å². The molecule has 0 fully saturated rings. The normalized spacial score (nSPS) is 10.1. The molecule has 0 saturated carbocycles. The highest BCUT2D eigenvalue weighted by Gasteiger charge is 2.11. The van der Waals surface area contributed by atoms with E-state index >= 15 is 0 Å². The van der Waals surface area contributed by atoms with Crippen LogP contribution in [0.15, 0.2) is 28.7 Å². The summed E-state index contributed by atoms with van der Waals surface area (Å²) in [6, 6.07) is 9.19. The molecule has 5 heteroatoms. The fourth-order valence-electron chi connectivity index (χ4n) is 1.64. The predicted octanol–water partition coefficient (Wildman–Crippen LogP) is 2.94. The molecular weight excluding hydrogens is 294 g/mol. The zero-order chi connectivity index (χ0) is 13.1. The summed E-state index contributed by atoms with van der Waals surface area (Å²) in [4.78, 5) is 0. The molecular formula is C13H12BrN3O. The van der Waals surface area contributed by atoms with E-state index in [-0.39, 0.29) is 0 Å². The second-order valence-corrected chi connectivity index (χ2v) is 4.69. The fourth-order valence-corrected chi connectivity index (χ4v) is 2.09. The lowest BCUT2D eigenvalue weighted by Crippen LogP contribution is -2.03. The molecule has 18 heavy (non-hydrogen) atoms. The zero-order valence-electron chi connectivity index (χ0n) is 10.1. The number of ether oxygens (including phenoxy) is 1. The van der Waals surface area contributed by atoms with Crippen LogP contribution in [0.2, 0.25) is 0 Å². The molecule has 92 valence electrons. The molecule has 2 aromatic rings. The standard InChI is InChI=1S/C13H12BrN3O/c1-9-13(14)12(17(2)16-9)8-18-11-5-3-4-10(6-11)7-15/h3-6H,8H2,1-2H3. The van der Waals surface area contributed by atoms with E-state index in [0.717, 1.165) is 15.9 Å². The Morgan fingerprint density at radius 2 is 2.28 bits per heavy atom. The van der Waals surface area contributed by atoms with E-state index in [9.17, 15) is 0 Å². The van der Waals surface area contributed by atoms with Gasteiger partial charge in [-0.25, -0.2) is 0 Å². The average Bonchev–Trinajstić information content (AvgIpc) is 2.61. The number of rotatable bonds is 3. The lowest BCUT2D eigenvalue weighted by Gasteiger charge is -2.07. The average molecular weight is 306 g/mol. The van der Waals surface area contributed by atoms with Crippen LogP contribution in [0.5, 0.6) is 5.75 Å². The van der Waals surface area contributed by atoms with Crippen molar-refractivity contribution in [3.63, 3.8) is 0 Å². The summed E-state index contributed by atoms with van der Waals surface area (Å²) < 4.78 is 8.41. The topological polar surface area (TPSA) is 50.8 Å². The predicted molar refractivity (Wildman–Crippen MR) is 71.1 cm³/mol. The second kappa shape index (κ2) is 5.23. The maximum absolute atomic E-state index is 8.81. The minimum atomic E-state index is 0.410. The summed E-state index contributed by atoms with van der Waals surface area (Å²) in [5.74, 6) is 0.680. The summed E-state index contributed by atoms with van der Waals surface area (Å²) in [5.41, 5.74) is 2.49. The Bertz CT molecular complexity index is 613. The van der Waals surface area contributed by atoms with Crippen LogP contribution in [0.3, 0.4) is 0 Å². The first-order valence-electron chi connectivity index (χ1n) is 5.42. The van der Waals surface area contributed by atoms with Gasteiger partial charge < -0.3 is 4.74 Å². The molecule has 0 aliphatic heterocycles. The summed E-state index contributed by atoms with van der Waals surface area (Å²) in [7, 11) is 1.88. The van der Waals surface area contributed by atoms with Crippen molar-refractivity contribution in [2.75, 3.05) is 0 Å². The first kappa shape index (κ1) is 12.7. The number of hydrogen-bond donors (Lipinski definition) is 0. The zero-order valence-corrected chi connectivity index (χ0v) is 11.7. The van der Waals surface area contributed by atoms with Gasteiger partial charge in [0.1, 0.15) is 12.4 Å². The van der Waals surface area contributed by atoms with E-state index in [4.69, 9.17) is 10.00 Å². The van der Waals surface area contributed by atoms with Gasteiger partial charge in [-0.1, -0.05) is 6.07 Å². The fraction of sp³-hybridized carbons (Fsp3) is 0.231. The van der Waals surface area contributed by atoms with Crippen LogP contribution in [-0.4, -0.2) is 9.78 Å². The van der Waals surface area contributed by atoms with Crippen molar-refractivity contribution >= 4 is 15.9 Å². The summed E-state index contributed by atoms with van der Waals surface area (Å²) >= 11 is 3.49. The molecule has 0 spiro atoms. The Morgan fingerprint density at radius 1 is 1.50 bits per heavy atom. The molecule has 0 bridgehead atoms. The number of hydrogen-bond acceptors (Lipinski definition) is 3. The quantitative estimate of drug-likeness (QED) is 0.876. The van der Waals surface area contributed by atoms with Crippen molar-refractivity contribution in [1.29, 1.82) is 5.26 Å². The minimum Gasteiger partial charge on any atom is -0.487 e. The number of nitrogens with zero attached hydrogens (tertiary/aromatic N) is 3. The maximum atomic E-state index is 8.81. The summed E-state index contributed by atoms with van der Waals surface area (Å²) in [5, 5.41) is 13.1. The molecule has 0 aliphatic rings. The van der Waals surface area contributed by atoms with Crippen molar-refractivity contribution in [3.8, 4) is 11.8 Å². The molecule has 0 unspecified atom stereocenters. The van der Waals surface area contributed by atoms with Gasteiger partial charge in [0.25, 0.3) is 0 Å². The van der Waals surface area contributed by atoms with Crippen molar-refractivity contribution < 1.29 is 4.74 Å². The van der Waals surface area contributed by atoms with Crippen LogP contribution in [0.1, 0.15) is 17.0 Å². The first-order valence-corrected chi connectivity index (χ1v) is 6.22. The molecule has 1 heterocycles. The van der Waals surface area contributed by atoms with Gasteiger partial charge in [0.2, 0.25) is 0 Å². The van der Waals surface area contributed by atoms with Gasteiger partial charge in [0.05, 0.1) is 27.5 Å². The van der Waals surface area contributed by atoms with E-state index in [1.165, 1.54) is 0 Å². The number of nitriles is 1. The molecule has 0 amide bonds. The van der Waals surface area contributed by atoms with Crippen LogP contribution >= 0.6 is 15.9 Å². The maximum Gasteiger partial charge on any atom is 0.131 e. The molecule has 1 aromatic heterocycles. The van der Waals surface area contributed by atoms with Crippen LogP contribution in [0, 0.1) is 18.3 Å². The van der Waals surface area contributed by atoms with Crippen LogP contribution in [0.4, 0.5) is 0 Å². The highest BCUT2D eigenvalue weighted by molar-refractivity contribution is 9.10. The van der Waals surface area contributed by atoms with Gasteiger partial charge in [-0.15, -0.1) is 0 Å². The van der Waals surface area contributed by atoms with Gasteiger partial charge in [0.15, 0.2) is 0 Å². The third kappa shape index (κ3) is 2.54. The van der Waals surface area contributed by atoms with E-state index in [0.29, 0.717) is 17.9 Å². The van der Waals surface area contributed by atoms with Crippen molar-refractivity contribution in [2.24, 2.45) is 7.05 Å². The van der Waals surface area contributed by atoms with E-state index in [1.54, 1.807) is 22.9 Å². The van der Waals surface area contributed by atoms with Crippen molar-refractivity contribution in [3.05, 3.63) is 45.7 Å². The molecule has 0 aliphatic carbocycles. The van der Waals surface area contributed by atoms with Crippen LogP contribution in [0.25, 0.3) is 0 Å². The molecule has 0 atom stereocenters. The van der Waals surface area contributed by atoms with E-state index in [1.807, 2.05) is 20.0 Å². The van der Waals surface area contributed by atoms with Crippen molar-refractivity contribution in [2.45, 2.75) is 13.5 Å².